The van der Waals surface area contributed by atoms with Gasteiger partial charge in [-0.2, -0.15) is 0 Å². The highest BCUT2D eigenvalue weighted by Crippen LogP contribution is 2.12. The molecule has 2 N–H and O–H groups in total. The third-order valence-electron chi connectivity index (χ3n) is 4.23. The smallest absolute Gasteiger partial charge is 0.277 e. The van der Waals surface area contributed by atoms with Crippen LogP contribution in [0.2, 0.25) is 0 Å². The van der Waals surface area contributed by atoms with Crippen molar-refractivity contribution in [3.8, 4) is 0 Å². The number of benzene rings is 1. The maximum absolute atomic E-state index is 12.9. The molecule has 1 amide bonds. The van der Waals surface area contributed by atoms with Crippen molar-refractivity contribution >= 4 is 11.6 Å². The number of aliphatic hydroxyl groups is 1. The van der Waals surface area contributed by atoms with Gasteiger partial charge >= 0.3 is 0 Å². The summed E-state index contributed by atoms with van der Waals surface area (Å²) >= 11 is 0. The van der Waals surface area contributed by atoms with Crippen molar-refractivity contribution in [3.05, 3.63) is 47.9 Å². The lowest BCUT2D eigenvalue weighted by atomic mass is 10.3. The summed E-state index contributed by atoms with van der Waals surface area (Å²) < 4.78 is 18.3. The van der Waals surface area contributed by atoms with Crippen LogP contribution in [0.5, 0.6) is 0 Å². The third kappa shape index (κ3) is 5.10. The number of nitrogens with zero attached hydrogens (tertiary/aromatic N) is 3. The monoisotopic (exact) mass is 362 g/mol. The average molecular weight is 362 g/mol. The van der Waals surface area contributed by atoms with E-state index in [-0.39, 0.29) is 17.6 Å². The van der Waals surface area contributed by atoms with Gasteiger partial charge in [0.2, 0.25) is 5.89 Å². The minimum absolute atomic E-state index is 0.192. The Bertz CT molecular complexity index is 724. The van der Waals surface area contributed by atoms with E-state index in [1.54, 1.807) is 6.92 Å². The van der Waals surface area contributed by atoms with Gasteiger partial charge in [-0.05, 0) is 31.2 Å². The first-order valence-corrected chi connectivity index (χ1v) is 8.63. The molecule has 140 valence electrons. The minimum Gasteiger partial charge on any atom is -0.447 e. The van der Waals surface area contributed by atoms with Gasteiger partial charge in [-0.15, -0.1) is 0 Å². The first-order chi connectivity index (χ1) is 12.5. The first-order valence-electron chi connectivity index (χ1n) is 8.63. The Kier molecular flexibility index (Phi) is 5.97. The molecule has 1 aromatic carbocycles. The maximum atomic E-state index is 12.9. The molecule has 2 aromatic rings. The van der Waals surface area contributed by atoms with Gasteiger partial charge in [0, 0.05) is 38.4 Å². The quantitative estimate of drug-likeness (QED) is 0.812. The fraction of sp³-hybridized carbons (Fsp3) is 0.444. The standard InChI is InChI=1S/C18H23FN4O3/c1-13(24)10-22-6-8-23(9-7-22)11-17-21-16(12-26-17)18(25)20-15-4-2-14(19)3-5-15/h2-5,12-13,24H,6-11H2,1H3,(H,20,25)/t13-/m0/s1. The lowest BCUT2D eigenvalue weighted by Gasteiger charge is -2.34. The van der Waals surface area contributed by atoms with Gasteiger partial charge < -0.3 is 14.8 Å². The summed E-state index contributed by atoms with van der Waals surface area (Å²) in [5, 5.41) is 12.1. The molecule has 0 saturated carbocycles. The highest BCUT2D eigenvalue weighted by Gasteiger charge is 2.20. The molecular formula is C18H23FN4O3. The Morgan fingerprint density at radius 3 is 2.58 bits per heavy atom. The van der Waals surface area contributed by atoms with E-state index in [0.717, 1.165) is 26.2 Å². The van der Waals surface area contributed by atoms with E-state index in [0.29, 0.717) is 24.7 Å². The van der Waals surface area contributed by atoms with E-state index in [1.807, 2.05) is 0 Å². The molecule has 0 bridgehead atoms. The van der Waals surface area contributed by atoms with Gasteiger partial charge in [-0.3, -0.25) is 14.6 Å². The maximum Gasteiger partial charge on any atom is 0.277 e. The number of hydrogen-bond donors (Lipinski definition) is 2. The van der Waals surface area contributed by atoms with Gasteiger partial charge in [0.25, 0.3) is 5.91 Å². The number of amides is 1. The van der Waals surface area contributed by atoms with E-state index >= 15 is 0 Å². The summed E-state index contributed by atoms with van der Waals surface area (Å²) in [6.07, 6.45) is 1.01. The molecule has 1 aromatic heterocycles. The summed E-state index contributed by atoms with van der Waals surface area (Å²) in [7, 11) is 0. The van der Waals surface area contributed by atoms with E-state index < -0.39 is 5.91 Å². The van der Waals surface area contributed by atoms with Crippen LogP contribution in [0, 0.1) is 5.82 Å². The molecule has 1 fully saturated rings. The Labute approximate surface area is 151 Å². The van der Waals surface area contributed by atoms with Crippen molar-refractivity contribution in [2.24, 2.45) is 0 Å². The molecule has 0 unspecified atom stereocenters. The molecule has 0 spiro atoms. The second-order valence-corrected chi connectivity index (χ2v) is 6.51. The summed E-state index contributed by atoms with van der Waals surface area (Å²) in [6.45, 7) is 6.47. The molecule has 1 atom stereocenters. The fourth-order valence-corrected chi connectivity index (χ4v) is 2.91. The second kappa shape index (κ2) is 8.39. The third-order valence-corrected chi connectivity index (χ3v) is 4.23. The van der Waals surface area contributed by atoms with Crippen molar-refractivity contribution in [2.75, 3.05) is 38.0 Å². The van der Waals surface area contributed by atoms with Crippen molar-refractivity contribution in [1.82, 2.24) is 14.8 Å². The van der Waals surface area contributed by atoms with Crippen molar-refractivity contribution < 1.29 is 18.7 Å². The van der Waals surface area contributed by atoms with Crippen molar-refractivity contribution in [1.29, 1.82) is 0 Å². The second-order valence-electron chi connectivity index (χ2n) is 6.51. The molecule has 0 radical (unpaired) electrons. The number of hydrogen-bond acceptors (Lipinski definition) is 6. The van der Waals surface area contributed by atoms with E-state index in [4.69, 9.17) is 4.42 Å². The van der Waals surface area contributed by atoms with E-state index in [1.165, 1.54) is 30.5 Å². The van der Waals surface area contributed by atoms with Crippen LogP contribution in [-0.2, 0) is 6.54 Å². The van der Waals surface area contributed by atoms with Gasteiger partial charge in [0.05, 0.1) is 12.6 Å². The van der Waals surface area contributed by atoms with E-state index in [2.05, 4.69) is 20.1 Å². The average Bonchev–Trinajstić information content (AvgIpc) is 3.07. The van der Waals surface area contributed by atoms with Crippen LogP contribution in [0.15, 0.2) is 34.9 Å². The lowest BCUT2D eigenvalue weighted by Crippen LogP contribution is -2.47. The molecule has 0 aliphatic carbocycles. The number of aliphatic hydroxyl groups excluding tert-OH is 1. The lowest BCUT2D eigenvalue weighted by molar-refractivity contribution is 0.0747. The minimum atomic E-state index is -0.395. The Balaban J connectivity index is 1.50. The molecule has 8 heteroatoms. The number of carbonyl (C=O) groups excluding carboxylic acids is 1. The zero-order valence-electron chi connectivity index (χ0n) is 14.7. The predicted molar refractivity (Wildman–Crippen MR) is 94.3 cm³/mol. The number of piperazine rings is 1. The van der Waals surface area contributed by atoms with Gasteiger partial charge in [-0.25, -0.2) is 9.37 Å². The number of carbonyl (C=O) groups is 1. The summed E-state index contributed by atoms with van der Waals surface area (Å²) in [4.78, 5) is 20.8. The normalized spacial score (nSPS) is 17.2. The van der Waals surface area contributed by atoms with Crippen LogP contribution in [0.4, 0.5) is 10.1 Å². The molecule has 1 aliphatic heterocycles. The molecule has 2 heterocycles. The zero-order chi connectivity index (χ0) is 18.5. The first kappa shape index (κ1) is 18.5. The van der Waals surface area contributed by atoms with E-state index in [9.17, 15) is 14.3 Å². The van der Waals surface area contributed by atoms with Crippen LogP contribution in [0.1, 0.15) is 23.3 Å². The number of nitrogens with one attached hydrogen (secondary N) is 1. The van der Waals surface area contributed by atoms with Crippen LogP contribution in [-0.4, -0.2) is 64.6 Å². The van der Waals surface area contributed by atoms with Crippen LogP contribution in [0.25, 0.3) is 0 Å². The van der Waals surface area contributed by atoms with Gasteiger partial charge in [-0.1, -0.05) is 0 Å². The largest absolute Gasteiger partial charge is 0.447 e. The highest BCUT2D eigenvalue weighted by atomic mass is 19.1. The zero-order valence-corrected chi connectivity index (χ0v) is 14.7. The number of β-amino-alcohol motifs (C(OH)–C–C–N with tert-alkyl or cyclic N) is 1. The molecule has 3 rings (SSSR count). The number of halogens is 1. The van der Waals surface area contributed by atoms with Crippen LogP contribution in [0.3, 0.4) is 0 Å². The van der Waals surface area contributed by atoms with Gasteiger partial charge in [0.15, 0.2) is 5.69 Å². The van der Waals surface area contributed by atoms with Crippen molar-refractivity contribution in [2.45, 2.75) is 19.6 Å². The van der Waals surface area contributed by atoms with Crippen LogP contribution < -0.4 is 5.32 Å². The highest BCUT2D eigenvalue weighted by molar-refractivity contribution is 6.02. The number of aromatic nitrogens is 1. The molecule has 26 heavy (non-hydrogen) atoms. The molecular weight excluding hydrogens is 339 g/mol. The molecule has 1 aliphatic rings. The summed E-state index contributed by atoms with van der Waals surface area (Å²) in [5.74, 6) is -0.271. The fourth-order valence-electron chi connectivity index (χ4n) is 2.91. The Morgan fingerprint density at radius 2 is 1.92 bits per heavy atom. The Morgan fingerprint density at radius 1 is 1.27 bits per heavy atom. The molecule has 1 saturated heterocycles. The summed E-state index contributed by atoms with van der Waals surface area (Å²) in [6, 6.07) is 5.53. The Hall–Kier alpha value is -2.29. The van der Waals surface area contributed by atoms with Gasteiger partial charge in [0.1, 0.15) is 12.1 Å². The number of anilines is 1. The van der Waals surface area contributed by atoms with Crippen LogP contribution >= 0.6 is 0 Å². The predicted octanol–water partition coefficient (Wildman–Crippen LogP) is 1.56. The number of oxazole rings is 1. The molecule has 7 nitrogen and oxygen atoms in total. The topological polar surface area (TPSA) is 81.8 Å². The van der Waals surface area contributed by atoms with Crippen molar-refractivity contribution in [3.63, 3.8) is 0 Å². The number of rotatable bonds is 6. The SMILES string of the molecule is C[C@H](O)CN1CCN(Cc2nc(C(=O)Nc3ccc(F)cc3)co2)CC1. The summed E-state index contributed by atoms with van der Waals surface area (Å²) in [5.41, 5.74) is 0.687.